The zero-order valence-electron chi connectivity index (χ0n) is 42.7. The molecule has 2 aliphatic carbocycles. The van der Waals surface area contributed by atoms with Crippen molar-refractivity contribution in [1.82, 2.24) is 9.97 Å². The van der Waals surface area contributed by atoms with Crippen LogP contribution < -0.4 is 4.74 Å². The van der Waals surface area contributed by atoms with E-state index >= 15 is 0 Å². The van der Waals surface area contributed by atoms with Crippen LogP contribution in [0.2, 0.25) is 0 Å². The van der Waals surface area contributed by atoms with Gasteiger partial charge in [0.05, 0.1) is 20.8 Å². The van der Waals surface area contributed by atoms with Crippen LogP contribution >= 0.6 is 22.7 Å². The summed E-state index contributed by atoms with van der Waals surface area (Å²) < 4.78 is 9.55. The maximum atomic E-state index is 7.24. The third kappa shape index (κ3) is 7.43. The summed E-state index contributed by atoms with van der Waals surface area (Å²) in [5, 5.41) is 2.40. The van der Waals surface area contributed by atoms with E-state index in [0.29, 0.717) is 0 Å². The Morgan fingerprint density at radius 1 is 0.333 bits per heavy atom. The third-order valence-corrected chi connectivity index (χ3v) is 17.8. The summed E-state index contributed by atoms with van der Waals surface area (Å²) in [6, 6.07) is 71.2. The van der Waals surface area contributed by atoms with Gasteiger partial charge in [-0.3, -0.25) is 9.97 Å². The predicted octanol–water partition coefficient (Wildman–Crippen LogP) is 20.6. The molecule has 12 aromatic rings. The maximum absolute atomic E-state index is 7.24. The fourth-order valence-corrected chi connectivity index (χ4v) is 14.3. The average molecular weight is 1000 g/mol. The number of pyridine rings is 2. The van der Waals surface area contributed by atoms with Crippen LogP contribution in [0.15, 0.2) is 207 Å². The van der Waals surface area contributed by atoms with Gasteiger partial charge >= 0.3 is 0 Å². The Labute approximate surface area is 446 Å². The molecule has 14 rings (SSSR count). The molecule has 8 aromatic carbocycles. The highest BCUT2D eigenvalue weighted by Gasteiger charge is 2.30. The lowest BCUT2D eigenvalue weighted by Gasteiger charge is -2.23. The largest absolute Gasteiger partial charge is 0.457 e. The van der Waals surface area contributed by atoms with E-state index in [-0.39, 0.29) is 10.8 Å². The van der Waals surface area contributed by atoms with Gasteiger partial charge in [-0.25, -0.2) is 0 Å². The van der Waals surface area contributed by atoms with E-state index in [9.17, 15) is 0 Å². The molecule has 0 spiro atoms. The minimum absolute atomic E-state index is 0.178. The van der Waals surface area contributed by atoms with Gasteiger partial charge in [0, 0.05) is 66.3 Å². The van der Waals surface area contributed by atoms with Crippen molar-refractivity contribution in [2.75, 3.05) is 0 Å². The molecule has 4 aromatic heterocycles. The van der Waals surface area contributed by atoms with Crippen LogP contribution in [0.5, 0.6) is 11.5 Å². The zero-order valence-corrected chi connectivity index (χ0v) is 44.4. The van der Waals surface area contributed by atoms with Crippen LogP contribution in [0.25, 0.3) is 130 Å². The number of fused-ring (bicyclic) bond motifs is 20. The Balaban J connectivity index is 0.932. The van der Waals surface area contributed by atoms with Crippen molar-refractivity contribution in [3.63, 3.8) is 0 Å². The topological polar surface area (TPSA) is 35.0 Å². The molecule has 0 N–H and O–H groups in total. The van der Waals surface area contributed by atoms with Gasteiger partial charge in [-0.05, 0) is 126 Å². The predicted molar refractivity (Wildman–Crippen MR) is 318 cm³/mol. The molecule has 0 radical (unpaired) electrons. The van der Waals surface area contributed by atoms with Crippen molar-refractivity contribution < 1.29 is 4.74 Å². The monoisotopic (exact) mass is 1000 g/mol. The van der Waals surface area contributed by atoms with Crippen molar-refractivity contribution in [1.29, 1.82) is 0 Å². The summed E-state index contributed by atoms with van der Waals surface area (Å²) in [5.74, 6) is 1.54. The van der Waals surface area contributed by atoms with Crippen LogP contribution in [-0.2, 0) is 10.8 Å². The van der Waals surface area contributed by atoms with Gasteiger partial charge in [0.1, 0.15) is 11.5 Å². The molecule has 0 bridgehead atoms. The van der Waals surface area contributed by atoms with Crippen LogP contribution in [0.3, 0.4) is 0 Å². The quantitative estimate of drug-likeness (QED) is 0.176. The second-order valence-electron chi connectivity index (χ2n) is 22.1. The number of rotatable bonds is 4. The van der Waals surface area contributed by atoms with Crippen LogP contribution in [-0.4, -0.2) is 9.97 Å². The van der Waals surface area contributed by atoms with Gasteiger partial charge in [0.15, 0.2) is 0 Å². The first kappa shape index (κ1) is 45.4. The molecular formula is C70H52N2OS2. The lowest BCUT2D eigenvalue weighted by molar-refractivity contribution is 0.475. The fourth-order valence-electron chi connectivity index (χ4n) is 11.6. The Hall–Kier alpha value is -8.22. The van der Waals surface area contributed by atoms with E-state index in [1.54, 1.807) is 0 Å². The molecule has 2 aliphatic rings. The second-order valence-corrected chi connectivity index (χ2v) is 24.1. The summed E-state index contributed by atoms with van der Waals surface area (Å²) in [6.45, 7) is 13.6. The smallest absolute Gasteiger partial charge is 0.128 e. The van der Waals surface area contributed by atoms with Gasteiger partial charge < -0.3 is 4.74 Å². The highest BCUT2D eigenvalue weighted by Crippen LogP contribution is 2.57. The Morgan fingerprint density at radius 3 is 0.960 bits per heavy atom. The lowest BCUT2D eigenvalue weighted by atomic mass is 9.83. The van der Waals surface area contributed by atoms with Crippen molar-refractivity contribution in [3.8, 4) is 122 Å². The molecule has 0 amide bonds. The average Bonchev–Trinajstić information content (AvgIpc) is 4.05. The highest BCUT2D eigenvalue weighted by molar-refractivity contribution is 7.24. The van der Waals surface area contributed by atoms with Gasteiger partial charge in [-0.15, -0.1) is 22.7 Å². The van der Waals surface area contributed by atoms with E-state index in [4.69, 9.17) is 14.7 Å². The number of thiophene rings is 2. The molecule has 0 aliphatic heterocycles. The first-order chi connectivity index (χ1) is 36.5. The van der Waals surface area contributed by atoms with E-state index in [2.05, 4.69) is 236 Å². The molecule has 5 heteroatoms. The van der Waals surface area contributed by atoms with E-state index in [1.807, 2.05) is 35.1 Å². The molecule has 3 nitrogen and oxygen atoms in total. The Bertz CT molecular complexity index is 4030. The van der Waals surface area contributed by atoms with Crippen LogP contribution in [0, 0.1) is 0 Å². The van der Waals surface area contributed by atoms with E-state index in [1.165, 1.54) is 110 Å². The van der Waals surface area contributed by atoms with Crippen molar-refractivity contribution >= 4 is 42.8 Å². The normalized spacial score (nSPS) is 12.4. The van der Waals surface area contributed by atoms with Crippen molar-refractivity contribution in [2.45, 2.75) is 52.4 Å². The summed E-state index contributed by atoms with van der Waals surface area (Å²) >= 11 is 3.69. The Morgan fingerprint density at radius 2 is 0.627 bits per heavy atom. The minimum Gasteiger partial charge on any atom is -0.457 e. The lowest BCUT2D eigenvalue weighted by Crippen LogP contribution is -2.12. The number of aromatic nitrogens is 2. The molecular weight excluding hydrogens is 949 g/mol. The number of ether oxygens (including phenoxy) is 1. The van der Waals surface area contributed by atoms with Gasteiger partial charge in [0.2, 0.25) is 0 Å². The highest BCUT2D eigenvalue weighted by atomic mass is 32.1. The van der Waals surface area contributed by atoms with E-state index < -0.39 is 0 Å². The van der Waals surface area contributed by atoms with Gasteiger partial charge in [0.25, 0.3) is 0 Å². The first-order valence-electron chi connectivity index (χ1n) is 25.9. The molecule has 0 atom stereocenters. The molecule has 0 saturated heterocycles. The molecule has 0 unspecified atom stereocenters. The Kier molecular flexibility index (Phi) is 10.4. The third-order valence-electron chi connectivity index (χ3n) is 15.3. The number of hydrogen-bond acceptors (Lipinski definition) is 5. The maximum Gasteiger partial charge on any atom is 0.128 e. The SMILES string of the molecule is CC(C)(C)c1cc(Oc2cc(-c3nccc4c5c(sc34)-c3ccccc3-c3ccccc3-c3ccccc3-5)cc(C(C)(C)C)c2)cc(-c2nccc3c4c(sc23)-c2ccccc2-c2ccccc2-c2ccccc2-4)c1. The number of benzene rings is 8. The molecule has 4 heterocycles. The van der Waals surface area contributed by atoms with Gasteiger partial charge in [-0.1, -0.05) is 187 Å². The van der Waals surface area contributed by atoms with Gasteiger partial charge in [-0.2, -0.15) is 0 Å². The molecule has 0 fully saturated rings. The van der Waals surface area contributed by atoms with Crippen LogP contribution in [0.1, 0.15) is 52.7 Å². The standard InChI is InChI=1S/C70H52N2OS2/c1-69(2,3)43-35-41(63-67-59(31-33-71-63)61-55-27-15-11-23-51(55)47-19-7-9-21-49(47)53-25-13-17-29-57(53)65(61)74-67)37-45(39-43)73-46-38-42(36-44(40-46)70(4,5)6)64-68-60(32-34-72-64)62-56-28-16-12-24-52(56)48-20-8-10-22-50(48)54-26-14-18-30-58(54)66(62)75-68/h7-40H,1-6H3. The summed E-state index contributed by atoms with van der Waals surface area (Å²) in [5.41, 5.74) is 23.3. The molecule has 75 heavy (non-hydrogen) atoms. The summed E-state index contributed by atoms with van der Waals surface area (Å²) in [4.78, 5) is 13.0. The molecule has 0 saturated carbocycles. The zero-order chi connectivity index (χ0) is 50.7. The molecule has 360 valence electrons. The minimum atomic E-state index is -0.178. The first-order valence-corrected chi connectivity index (χ1v) is 27.5. The van der Waals surface area contributed by atoms with Crippen LogP contribution in [0.4, 0.5) is 0 Å². The fraction of sp³-hybridized carbons (Fsp3) is 0.114. The summed E-state index contributed by atoms with van der Waals surface area (Å²) in [6.07, 6.45) is 3.98. The number of hydrogen-bond donors (Lipinski definition) is 0. The second kappa shape index (κ2) is 17.2. The van der Waals surface area contributed by atoms with Crippen molar-refractivity contribution in [3.05, 3.63) is 218 Å². The number of nitrogens with zero attached hydrogens (tertiary/aromatic N) is 2. The van der Waals surface area contributed by atoms with Crippen molar-refractivity contribution in [2.24, 2.45) is 0 Å². The van der Waals surface area contributed by atoms with E-state index in [0.717, 1.165) is 43.4 Å². The summed E-state index contributed by atoms with van der Waals surface area (Å²) in [7, 11) is 0.